The lowest BCUT2D eigenvalue weighted by Crippen LogP contribution is -2.26. The van der Waals surface area contributed by atoms with Crippen LogP contribution in [-0.2, 0) is 4.79 Å². The summed E-state index contributed by atoms with van der Waals surface area (Å²) in [6.45, 7) is 4.00. The van der Waals surface area contributed by atoms with Gasteiger partial charge in [0.25, 0.3) is 0 Å². The van der Waals surface area contributed by atoms with Crippen molar-refractivity contribution in [1.29, 1.82) is 0 Å². The minimum absolute atomic E-state index is 0.108. The van der Waals surface area contributed by atoms with E-state index in [4.69, 9.17) is 17.3 Å². The molecule has 0 aliphatic rings. The van der Waals surface area contributed by atoms with Gasteiger partial charge in [0.2, 0.25) is 5.91 Å². The lowest BCUT2D eigenvalue weighted by Gasteiger charge is -2.12. The van der Waals surface area contributed by atoms with E-state index >= 15 is 0 Å². The summed E-state index contributed by atoms with van der Waals surface area (Å²) in [7, 11) is 0. The Bertz CT molecular complexity index is 409. The van der Waals surface area contributed by atoms with E-state index < -0.39 is 0 Å². The molecule has 88 valence electrons. The van der Waals surface area contributed by atoms with Gasteiger partial charge in [0.15, 0.2) is 0 Å². The van der Waals surface area contributed by atoms with E-state index in [1.54, 1.807) is 13.0 Å². The molecule has 0 aromatic heterocycles. The molecule has 1 amide bonds. The Balaban J connectivity index is 2.90. The van der Waals surface area contributed by atoms with Crippen LogP contribution in [0.4, 0.5) is 5.69 Å². The van der Waals surface area contributed by atoms with Crippen molar-refractivity contribution in [2.75, 3.05) is 11.9 Å². The molecule has 1 atom stereocenters. The van der Waals surface area contributed by atoms with Crippen LogP contribution in [0.2, 0.25) is 5.02 Å². The van der Waals surface area contributed by atoms with Gasteiger partial charge in [-0.05, 0) is 40.5 Å². The average molecular weight is 306 g/mol. The van der Waals surface area contributed by atoms with Crippen LogP contribution >= 0.6 is 27.5 Å². The van der Waals surface area contributed by atoms with Crippen LogP contribution in [0.3, 0.4) is 0 Å². The summed E-state index contributed by atoms with van der Waals surface area (Å²) in [5, 5.41) is 3.40. The van der Waals surface area contributed by atoms with Crippen molar-refractivity contribution >= 4 is 39.1 Å². The zero-order valence-electron chi connectivity index (χ0n) is 9.18. The molecule has 1 rings (SSSR count). The topological polar surface area (TPSA) is 55.1 Å². The number of carbonyl (C=O) groups is 1. The van der Waals surface area contributed by atoms with E-state index in [0.29, 0.717) is 17.3 Å². The number of nitrogens with two attached hydrogens (primary N) is 1. The van der Waals surface area contributed by atoms with Gasteiger partial charge >= 0.3 is 0 Å². The summed E-state index contributed by atoms with van der Waals surface area (Å²) < 4.78 is 0.812. The molecule has 0 aliphatic heterocycles. The number of halogens is 2. The first-order valence-corrected chi connectivity index (χ1v) is 6.09. The molecule has 0 aliphatic carbocycles. The molecular formula is C11H14BrClN2O. The van der Waals surface area contributed by atoms with Crippen molar-refractivity contribution < 1.29 is 4.79 Å². The van der Waals surface area contributed by atoms with Crippen LogP contribution in [0, 0.1) is 12.8 Å². The van der Waals surface area contributed by atoms with Crippen molar-refractivity contribution in [3.63, 3.8) is 0 Å². The summed E-state index contributed by atoms with van der Waals surface area (Å²) in [5.74, 6) is -0.324. The monoisotopic (exact) mass is 304 g/mol. The zero-order chi connectivity index (χ0) is 12.3. The minimum atomic E-state index is -0.216. The van der Waals surface area contributed by atoms with Crippen LogP contribution in [0.1, 0.15) is 12.5 Å². The highest BCUT2D eigenvalue weighted by Gasteiger charge is 2.13. The second-order valence-electron chi connectivity index (χ2n) is 3.71. The second kappa shape index (κ2) is 5.66. The fourth-order valence-corrected chi connectivity index (χ4v) is 1.83. The third-order valence-corrected chi connectivity index (χ3v) is 3.37. The van der Waals surface area contributed by atoms with Crippen molar-refractivity contribution in [2.45, 2.75) is 13.8 Å². The number of amides is 1. The largest absolute Gasteiger partial charge is 0.330 e. The molecule has 5 heteroatoms. The van der Waals surface area contributed by atoms with E-state index in [2.05, 4.69) is 21.2 Å². The molecule has 1 unspecified atom stereocenters. The molecule has 0 heterocycles. The number of benzene rings is 1. The fraction of sp³-hybridized carbons (Fsp3) is 0.364. The van der Waals surface area contributed by atoms with Gasteiger partial charge < -0.3 is 11.1 Å². The predicted octanol–water partition coefficient (Wildman–Crippen LogP) is 2.94. The zero-order valence-corrected chi connectivity index (χ0v) is 11.5. The van der Waals surface area contributed by atoms with Crippen LogP contribution in [0.15, 0.2) is 16.6 Å². The lowest BCUT2D eigenvalue weighted by atomic mass is 10.1. The number of nitrogens with one attached hydrogen (secondary N) is 1. The fourth-order valence-electron chi connectivity index (χ4n) is 1.11. The van der Waals surface area contributed by atoms with Crippen LogP contribution in [0.5, 0.6) is 0 Å². The Kier molecular flexibility index (Phi) is 4.77. The van der Waals surface area contributed by atoms with Crippen molar-refractivity contribution in [1.82, 2.24) is 0 Å². The first-order valence-electron chi connectivity index (χ1n) is 4.92. The highest BCUT2D eigenvalue weighted by molar-refractivity contribution is 9.10. The Hall–Kier alpha value is -0.580. The molecule has 0 spiro atoms. The molecule has 0 saturated carbocycles. The molecule has 1 aromatic rings. The number of anilines is 1. The maximum Gasteiger partial charge on any atom is 0.228 e. The molecule has 0 saturated heterocycles. The normalized spacial score (nSPS) is 12.3. The van der Waals surface area contributed by atoms with E-state index in [9.17, 15) is 4.79 Å². The SMILES string of the molecule is Cc1cc(Br)c(NC(=O)C(C)CN)cc1Cl. The minimum Gasteiger partial charge on any atom is -0.330 e. The van der Waals surface area contributed by atoms with Crippen LogP contribution in [0.25, 0.3) is 0 Å². The molecular weight excluding hydrogens is 291 g/mol. The third kappa shape index (κ3) is 3.20. The maximum atomic E-state index is 11.6. The molecule has 3 N–H and O–H groups in total. The van der Waals surface area contributed by atoms with Gasteiger partial charge in [0.05, 0.1) is 5.69 Å². The van der Waals surface area contributed by atoms with Gasteiger partial charge in [-0.2, -0.15) is 0 Å². The summed E-state index contributed by atoms with van der Waals surface area (Å²) >= 11 is 9.36. The van der Waals surface area contributed by atoms with Crippen molar-refractivity contribution in [2.24, 2.45) is 11.7 Å². The Morgan fingerprint density at radius 1 is 1.62 bits per heavy atom. The summed E-state index contributed by atoms with van der Waals surface area (Å²) in [6.07, 6.45) is 0. The molecule has 1 aromatic carbocycles. The average Bonchev–Trinajstić information content (AvgIpc) is 2.24. The summed E-state index contributed by atoms with van der Waals surface area (Å²) in [6, 6.07) is 3.59. The highest BCUT2D eigenvalue weighted by atomic mass is 79.9. The molecule has 0 radical (unpaired) electrons. The molecule has 16 heavy (non-hydrogen) atoms. The van der Waals surface area contributed by atoms with E-state index in [-0.39, 0.29) is 11.8 Å². The van der Waals surface area contributed by atoms with Crippen molar-refractivity contribution in [3.05, 3.63) is 27.2 Å². The Labute approximate surface area is 108 Å². The number of rotatable bonds is 3. The first-order chi connectivity index (χ1) is 7.45. The maximum absolute atomic E-state index is 11.6. The van der Waals surface area contributed by atoms with Gasteiger partial charge in [0.1, 0.15) is 0 Å². The third-order valence-electron chi connectivity index (χ3n) is 2.31. The van der Waals surface area contributed by atoms with Gasteiger partial charge in [0, 0.05) is 22.0 Å². The molecule has 3 nitrogen and oxygen atoms in total. The first kappa shape index (κ1) is 13.5. The van der Waals surface area contributed by atoms with E-state index in [1.807, 2.05) is 13.0 Å². The smallest absolute Gasteiger partial charge is 0.228 e. The number of aryl methyl sites for hydroxylation is 1. The Morgan fingerprint density at radius 3 is 2.81 bits per heavy atom. The summed E-state index contributed by atoms with van der Waals surface area (Å²) in [4.78, 5) is 11.6. The predicted molar refractivity (Wildman–Crippen MR) is 70.7 cm³/mol. The van der Waals surface area contributed by atoms with Crippen LogP contribution in [-0.4, -0.2) is 12.5 Å². The number of hydrogen-bond acceptors (Lipinski definition) is 2. The second-order valence-corrected chi connectivity index (χ2v) is 4.97. The van der Waals surface area contributed by atoms with Gasteiger partial charge in [-0.3, -0.25) is 4.79 Å². The van der Waals surface area contributed by atoms with Crippen molar-refractivity contribution in [3.8, 4) is 0 Å². The van der Waals surface area contributed by atoms with E-state index in [1.165, 1.54) is 0 Å². The number of carbonyl (C=O) groups excluding carboxylic acids is 1. The quantitative estimate of drug-likeness (QED) is 0.902. The van der Waals surface area contributed by atoms with Crippen LogP contribution < -0.4 is 11.1 Å². The molecule has 0 bridgehead atoms. The van der Waals surface area contributed by atoms with Gasteiger partial charge in [-0.1, -0.05) is 18.5 Å². The van der Waals surface area contributed by atoms with E-state index in [0.717, 1.165) is 10.0 Å². The van der Waals surface area contributed by atoms with Gasteiger partial charge in [-0.25, -0.2) is 0 Å². The summed E-state index contributed by atoms with van der Waals surface area (Å²) in [5.41, 5.74) is 7.04. The number of hydrogen-bond donors (Lipinski definition) is 2. The Morgan fingerprint density at radius 2 is 2.25 bits per heavy atom. The van der Waals surface area contributed by atoms with Gasteiger partial charge in [-0.15, -0.1) is 0 Å². The molecule has 0 fully saturated rings. The highest BCUT2D eigenvalue weighted by Crippen LogP contribution is 2.29. The standard InChI is InChI=1S/C11H14BrClN2O/c1-6-3-8(12)10(4-9(6)13)15-11(16)7(2)5-14/h3-4,7H,5,14H2,1-2H3,(H,15,16). The lowest BCUT2D eigenvalue weighted by molar-refractivity contribution is -0.119.